The average molecular weight is 330 g/mol. The molecule has 1 aromatic carbocycles. The van der Waals surface area contributed by atoms with E-state index in [0.29, 0.717) is 11.3 Å². The maximum atomic E-state index is 12.3. The molecule has 0 spiro atoms. The molecule has 2 N–H and O–H groups in total. The molecule has 126 valence electrons. The number of ether oxygens (including phenoxy) is 3. The highest BCUT2D eigenvalue weighted by Crippen LogP contribution is 2.43. The Balaban J connectivity index is 2.58. The Morgan fingerprint density at radius 1 is 1.29 bits per heavy atom. The van der Waals surface area contributed by atoms with Gasteiger partial charge in [0.15, 0.2) is 5.92 Å². The molecule has 1 aromatic rings. The lowest BCUT2D eigenvalue weighted by atomic mass is 9.79. The SMILES string of the molecule is CCOC(=O)C1=C(N)Oc2ccccc2[C@H]1[C@H](C#N)C(=O)OCC. The zero-order valence-corrected chi connectivity index (χ0v) is 13.4. The molecule has 0 bridgehead atoms. The van der Waals surface area contributed by atoms with Crippen LogP contribution in [0.5, 0.6) is 5.75 Å². The normalized spacial score (nSPS) is 17.1. The van der Waals surface area contributed by atoms with Gasteiger partial charge in [0, 0.05) is 5.56 Å². The summed E-state index contributed by atoms with van der Waals surface area (Å²) in [6, 6.07) is 8.69. The summed E-state index contributed by atoms with van der Waals surface area (Å²) >= 11 is 0. The van der Waals surface area contributed by atoms with E-state index in [9.17, 15) is 14.9 Å². The number of hydrogen-bond acceptors (Lipinski definition) is 7. The molecule has 1 heterocycles. The van der Waals surface area contributed by atoms with Crippen LogP contribution in [-0.2, 0) is 19.1 Å². The Morgan fingerprint density at radius 3 is 2.58 bits per heavy atom. The van der Waals surface area contributed by atoms with Crippen molar-refractivity contribution in [2.75, 3.05) is 13.2 Å². The number of hydrogen-bond donors (Lipinski definition) is 1. The van der Waals surface area contributed by atoms with Gasteiger partial charge in [0.25, 0.3) is 0 Å². The molecule has 0 fully saturated rings. The van der Waals surface area contributed by atoms with E-state index >= 15 is 0 Å². The first-order chi connectivity index (χ1) is 11.5. The van der Waals surface area contributed by atoms with Crippen LogP contribution < -0.4 is 10.5 Å². The number of nitrogens with two attached hydrogens (primary N) is 1. The van der Waals surface area contributed by atoms with Gasteiger partial charge in [-0.3, -0.25) is 4.79 Å². The topological polar surface area (TPSA) is 112 Å². The minimum absolute atomic E-state index is 0.0462. The van der Waals surface area contributed by atoms with Gasteiger partial charge < -0.3 is 19.9 Å². The lowest BCUT2D eigenvalue weighted by Gasteiger charge is -2.29. The molecule has 0 amide bonds. The van der Waals surface area contributed by atoms with Crippen LogP contribution in [0.15, 0.2) is 35.7 Å². The van der Waals surface area contributed by atoms with Crippen LogP contribution in [0.4, 0.5) is 0 Å². The largest absolute Gasteiger partial charge is 0.465 e. The number of benzene rings is 1. The van der Waals surface area contributed by atoms with Crippen LogP contribution in [0.1, 0.15) is 25.3 Å². The van der Waals surface area contributed by atoms with Crippen LogP contribution in [0.25, 0.3) is 0 Å². The van der Waals surface area contributed by atoms with Gasteiger partial charge in [0.1, 0.15) is 11.3 Å². The summed E-state index contributed by atoms with van der Waals surface area (Å²) in [5.41, 5.74) is 6.34. The number of carbonyl (C=O) groups is 2. The number of nitriles is 1. The molecule has 0 aromatic heterocycles. The van der Waals surface area contributed by atoms with Crippen molar-refractivity contribution in [3.63, 3.8) is 0 Å². The molecule has 0 saturated carbocycles. The fourth-order valence-electron chi connectivity index (χ4n) is 2.59. The summed E-state index contributed by atoms with van der Waals surface area (Å²) in [6.45, 7) is 3.53. The smallest absolute Gasteiger partial charge is 0.340 e. The number of carbonyl (C=O) groups excluding carboxylic acids is 2. The van der Waals surface area contributed by atoms with E-state index < -0.39 is 23.8 Å². The first kappa shape index (κ1) is 17.3. The van der Waals surface area contributed by atoms with Gasteiger partial charge in [-0.2, -0.15) is 5.26 Å². The highest BCUT2D eigenvalue weighted by molar-refractivity contribution is 5.93. The van der Waals surface area contributed by atoms with Gasteiger partial charge >= 0.3 is 11.9 Å². The first-order valence-electron chi connectivity index (χ1n) is 7.54. The summed E-state index contributed by atoms with van der Waals surface area (Å²) < 4.78 is 15.5. The maximum Gasteiger partial charge on any atom is 0.340 e. The van der Waals surface area contributed by atoms with Crippen molar-refractivity contribution in [3.8, 4) is 11.8 Å². The third-order valence-electron chi connectivity index (χ3n) is 3.56. The predicted molar refractivity (Wildman–Crippen MR) is 83.4 cm³/mol. The molecule has 1 aliphatic rings. The monoisotopic (exact) mass is 330 g/mol. The number of rotatable bonds is 5. The Bertz CT molecular complexity index is 720. The number of nitrogens with zero attached hydrogens (tertiary/aromatic N) is 1. The zero-order chi connectivity index (χ0) is 17.7. The van der Waals surface area contributed by atoms with Gasteiger partial charge in [-0.05, 0) is 19.9 Å². The van der Waals surface area contributed by atoms with E-state index in [-0.39, 0.29) is 24.7 Å². The second-order valence-electron chi connectivity index (χ2n) is 4.97. The third kappa shape index (κ3) is 3.18. The fourth-order valence-corrected chi connectivity index (χ4v) is 2.59. The van der Waals surface area contributed by atoms with Gasteiger partial charge in [-0.25, -0.2) is 4.79 Å². The molecule has 24 heavy (non-hydrogen) atoms. The Morgan fingerprint density at radius 2 is 1.96 bits per heavy atom. The molecule has 7 nitrogen and oxygen atoms in total. The molecule has 1 aliphatic heterocycles. The van der Waals surface area contributed by atoms with Crippen LogP contribution in [0.3, 0.4) is 0 Å². The summed E-state index contributed by atoms with van der Waals surface area (Å²) in [5.74, 6) is -3.40. The second-order valence-corrected chi connectivity index (χ2v) is 4.97. The number of fused-ring (bicyclic) bond motifs is 1. The van der Waals surface area contributed by atoms with Gasteiger partial charge in [-0.15, -0.1) is 0 Å². The first-order valence-corrected chi connectivity index (χ1v) is 7.54. The fraction of sp³-hybridized carbons (Fsp3) is 0.353. The molecule has 2 rings (SSSR count). The van der Waals surface area contributed by atoms with E-state index in [2.05, 4.69) is 0 Å². The van der Waals surface area contributed by atoms with Crippen LogP contribution in [0, 0.1) is 17.2 Å². The maximum absolute atomic E-state index is 12.3. The second kappa shape index (κ2) is 7.51. The molecule has 7 heteroatoms. The van der Waals surface area contributed by atoms with Gasteiger partial charge in [0.2, 0.25) is 5.88 Å². The van der Waals surface area contributed by atoms with E-state index in [0.717, 1.165) is 0 Å². The van der Waals surface area contributed by atoms with Crippen molar-refractivity contribution in [3.05, 3.63) is 41.3 Å². The summed E-state index contributed by atoms with van der Waals surface area (Å²) in [5, 5.41) is 9.51. The Hall–Kier alpha value is -3.01. The molecule has 2 atom stereocenters. The summed E-state index contributed by atoms with van der Waals surface area (Å²) in [6.07, 6.45) is 0. The molecule has 0 radical (unpaired) electrons. The van der Waals surface area contributed by atoms with Gasteiger partial charge in [0.05, 0.1) is 25.2 Å². The van der Waals surface area contributed by atoms with Crippen molar-refractivity contribution in [2.45, 2.75) is 19.8 Å². The summed E-state index contributed by atoms with van der Waals surface area (Å²) in [4.78, 5) is 24.5. The Kier molecular flexibility index (Phi) is 5.42. The molecule has 0 saturated heterocycles. The number of para-hydroxylation sites is 1. The van der Waals surface area contributed by atoms with Crippen molar-refractivity contribution < 1.29 is 23.8 Å². The van der Waals surface area contributed by atoms with Crippen molar-refractivity contribution in [1.29, 1.82) is 5.26 Å². The Labute approximate surface area is 139 Å². The molecular formula is C17H18N2O5. The van der Waals surface area contributed by atoms with Gasteiger partial charge in [-0.1, -0.05) is 18.2 Å². The van der Waals surface area contributed by atoms with Crippen molar-refractivity contribution >= 4 is 11.9 Å². The van der Waals surface area contributed by atoms with Crippen LogP contribution >= 0.6 is 0 Å². The minimum atomic E-state index is -1.24. The quantitative estimate of drug-likeness (QED) is 0.816. The molecular weight excluding hydrogens is 312 g/mol. The van der Waals surface area contributed by atoms with Crippen LogP contribution in [0.2, 0.25) is 0 Å². The van der Waals surface area contributed by atoms with Crippen molar-refractivity contribution in [2.24, 2.45) is 11.7 Å². The zero-order valence-electron chi connectivity index (χ0n) is 13.4. The van der Waals surface area contributed by atoms with Crippen molar-refractivity contribution in [1.82, 2.24) is 0 Å². The highest BCUT2D eigenvalue weighted by atomic mass is 16.5. The van der Waals surface area contributed by atoms with E-state index in [1.165, 1.54) is 0 Å². The minimum Gasteiger partial charge on any atom is -0.465 e. The van der Waals surface area contributed by atoms with E-state index in [1.807, 2.05) is 6.07 Å². The molecule has 0 aliphatic carbocycles. The number of esters is 2. The predicted octanol–water partition coefficient (Wildman–Crippen LogP) is 1.60. The lowest BCUT2D eigenvalue weighted by Crippen LogP contribution is -2.33. The van der Waals surface area contributed by atoms with E-state index in [1.54, 1.807) is 38.1 Å². The van der Waals surface area contributed by atoms with E-state index in [4.69, 9.17) is 19.9 Å². The van der Waals surface area contributed by atoms with Crippen LogP contribution in [-0.4, -0.2) is 25.2 Å². The highest BCUT2D eigenvalue weighted by Gasteiger charge is 2.43. The summed E-state index contributed by atoms with van der Waals surface area (Å²) in [7, 11) is 0. The average Bonchev–Trinajstić information content (AvgIpc) is 2.55. The standard InChI is InChI=1S/C17H18N2O5/c1-3-22-16(20)11(9-18)13-10-7-5-6-8-12(10)24-15(19)14(13)17(21)23-4-2/h5-8,11,13H,3-4,19H2,1-2H3/t11-,13-/m0/s1. The third-order valence-corrected chi connectivity index (χ3v) is 3.56. The molecule has 0 unspecified atom stereocenters. The lowest BCUT2D eigenvalue weighted by molar-refractivity contribution is -0.146.